The highest BCUT2D eigenvalue weighted by atomic mass is 79.9. The van der Waals surface area contributed by atoms with Gasteiger partial charge in [0.25, 0.3) is 5.91 Å². The van der Waals surface area contributed by atoms with Crippen molar-refractivity contribution in [1.82, 2.24) is 0 Å². The van der Waals surface area contributed by atoms with Gasteiger partial charge in [0.15, 0.2) is 15.6 Å². The Morgan fingerprint density at radius 1 is 1.20 bits per heavy atom. The van der Waals surface area contributed by atoms with Crippen LogP contribution < -0.4 is 10.2 Å². The number of imide groups is 1. The molecule has 1 aliphatic rings. The molecule has 0 radical (unpaired) electrons. The van der Waals surface area contributed by atoms with Gasteiger partial charge in [-0.3, -0.25) is 14.4 Å². The van der Waals surface area contributed by atoms with Crippen LogP contribution >= 0.6 is 38.9 Å². The number of rotatable bonds is 7. The van der Waals surface area contributed by atoms with E-state index >= 15 is 4.39 Å². The van der Waals surface area contributed by atoms with Crippen LogP contribution in [-0.4, -0.2) is 38.8 Å². The van der Waals surface area contributed by atoms with Crippen molar-refractivity contribution in [1.29, 1.82) is 0 Å². The molecule has 1 aliphatic heterocycles. The molecule has 1 N–H and O–H groups in total. The smallest absolute Gasteiger partial charge is 0.265 e. The minimum absolute atomic E-state index is 0.0201. The van der Waals surface area contributed by atoms with Gasteiger partial charge >= 0.3 is 0 Å². The first kappa shape index (κ1) is 25.5. The molecule has 7 nitrogen and oxygen atoms in total. The van der Waals surface area contributed by atoms with Crippen molar-refractivity contribution in [2.24, 2.45) is 0 Å². The molecule has 3 aromatic rings. The first-order valence-corrected chi connectivity index (χ1v) is 13.8. The van der Waals surface area contributed by atoms with E-state index in [1.54, 1.807) is 19.2 Å². The Bertz CT molecular complexity index is 1490. The second-order valence-corrected chi connectivity index (χ2v) is 12.6. The number of amides is 2. The van der Waals surface area contributed by atoms with Gasteiger partial charge in [-0.25, -0.2) is 17.7 Å². The molecule has 0 atom stereocenters. The number of thiophene rings is 1. The maximum Gasteiger partial charge on any atom is 0.265 e. The zero-order valence-electron chi connectivity index (χ0n) is 18.1. The summed E-state index contributed by atoms with van der Waals surface area (Å²) >= 11 is 9.99. The number of ketones is 1. The fourth-order valence-corrected chi connectivity index (χ4v) is 7.10. The molecule has 2 amide bonds. The van der Waals surface area contributed by atoms with Crippen LogP contribution in [0.3, 0.4) is 0 Å². The molecule has 2 heterocycles. The normalized spacial score (nSPS) is 13.7. The van der Waals surface area contributed by atoms with Gasteiger partial charge in [-0.05, 0) is 63.5 Å². The fraction of sp³-hybridized carbons (Fsp3) is 0.174. The van der Waals surface area contributed by atoms with Crippen LogP contribution in [0.25, 0.3) is 0 Å². The van der Waals surface area contributed by atoms with E-state index in [-0.39, 0.29) is 38.2 Å². The summed E-state index contributed by atoms with van der Waals surface area (Å²) in [5.41, 5.74) is 1.49. The molecule has 4 rings (SSSR count). The quantitative estimate of drug-likeness (QED) is 0.397. The van der Waals surface area contributed by atoms with Gasteiger partial charge in [0, 0.05) is 29.2 Å². The Labute approximate surface area is 217 Å². The average Bonchev–Trinajstić information content (AvgIpc) is 3.22. The lowest BCUT2D eigenvalue weighted by Crippen LogP contribution is -2.43. The molecule has 0 aliphatic carbocycles. The number of halogens is 3. The number of Topliss-reactive ketones (excluding diaryl/α,β-unsaturated/α-hetero) is 1. The second-order valence-electron chi connectivity index (χ2n) is 7.77. The van der Waals surface area contributed by atoms with E-state index in [1.165, 1.54) is 24.3 Å². The summed E-state index contributed by atoms with van der Waals surface area (Å²) in [6, 6.07) is 9.68. The van der Waals surface area contributed by atoms with Crippen LogP contribution in [0.2, 0.25) is 4.34 Å². The highest BCUT2D eigenvalue weighted by Crippen LogP contribution is 2.33. The monoisotopic (exact) mass is 598 g/mol. The first-order chi connectivity index (χ1) is 16.5. The molecule has 2 aromatic carbocycles. The molecule has 182 valence electrons. The van der Waals surface area contributed by atoms with E-state index < -0.39 is 39.0 Å². The molecule has 0 saturated heterocycles. The number of nitrogens with zero attached hydrogens (tertiary/aromatic N) is 1. The van der Waals surface area contributed by atoms with Crippen LogP contribution in [0.1, 0.15) is 21.5 Å². The predicted octanol–water partition coefficient (Wildman–Crippen LogP) is 4.66. The van der Waals surface area contributed by atoms with E-state index in [9.17, 15) is 22.8 Å². The summed E-state index contributed by atoms with van der Waals surface area (Å²) in [5, 5.41) is 2.96. The lowest BCUT2D eigenvalue weighted by Gasteiger charge is -2.28. The largest absolute Gasteiger partial charge is 0.387 e. The number of benzene rings is 2. The van der Waals surface area contributed by atoms with E-state index in [4.69, 9.17) is 11.6 Å². The van der Waals surface area contributed by atoms with Crippen molar-refractivity contribution in [3.05, 3.63) is 73.8 Å². The van der Waals surface area contributed by atoms with Crippen molar-refractivity contribution in [2.45, 2.75) is 17.1 Å². The molecule has 0 fully saturated rings. The molecule has 0 saturated carbocycles. The third-order valence-corrected chi connectivity index (χ3v) is 9.49. The number of anilines is 2. The molecular formula is C23H17BrClFN2O5S2. The van der Waals surface area contributed by atoms with Crippen LogP contribution in [0.4, 0.5) is 15.8 Å². The van der Waals surface area contributed by atoms with Gasteiger partial charge in [0.2, 0.25) is 5.91 Å². The van der Waals surface area contributed by atoms with E-state index in [2.05, 4.69) is 21.2 Å². The van der Waals surface area contributed by atoms with Gasteiger partial charge in [-0.15, -0.1) is 11.3 Å². The minimum Gasteiger partial charge on any atom is -0.387 e. The van der Waals surface area contributed by atoms with Gasteiger partial charge in [0.1, 0.15) is 15.8 Å². The van der Waals surface area contributed by atoms with Crippen molar-refractivity contribution in [3.8, 4) is 0 Å². The number of hydrogen-bond acceptors (Lipinski definition) is 7. The maximum atomic E-state index is 15.0. The zero-order chi connectivity index (χ0) is 25.5. The highest BCUT2D eigenvalue weighted by Gasteiger charge is 2.34. The molecular weight excluding hydrogens is 583 g/mol. The summed E-state index contributed by atoms with van der Waals surface area (Å²) in [6.45, 7) is 0. The van der Waals surface area contributed by atoms with Gasteiger partial charge in [-0.2, -0.15) is 0 Å². The summed E-state index contributed by atoms with van der Waals surface area (Å²) in [7, 11) is -2.15. The summed E-state index contributed by atoms with van der Waals surface area (Å²) in [6.07, 6.45) is -0.423. The van der Waals surface area contributed by atoms with Gasteiger partial charge in [-0.1, -0.05) is 17.7 Å². The molecule has 0 bridgehead atoms. The van der Waals surface area contributed by atoms with Gasteiger partial charge < -0.3 is 5.32 Å². The number of sulfone groups is 1. The van der Waals surface area contributed by atoms with E-state index in [1.807, 2.05) is 0 Å². The number of nitrogens with one attached hydrogen (secondary N) is 1. The Morgan fingerprint density at radius 2 is 1.94 bits per heavy atom. The third kappa shape index (κ3) is 5.18. The van der Waals surface area contributed by atoms with Gasteiger partial charge in [0.05, 0.1) is 16.4 Å². The summed E-state index contributed by atoms with van der Waals surface area (Å²) in [4.78, 5) is 38.9. The van der Waals surface area contributed by atoms with Crippen molar-refractivity contribution < 1.29 is 27.2 Å². The zero-order valence-corrected chi connectivity index (χ0v) is 22.1. The van der Waals surface area contributed by atoms with E-state index in [0.717, 1.165) is 22.3 Å². The molecule has 1 aromatic heterocycles. The number of carbonyl (C=O) groups is 3. The molecule has 0 spiro atoms. The van der Waals surface area contributed by atoms with Crippen LogP contribution in [0, 0.1) is 5.82 Å². The predicted molar refractivity (Wildman–Crippen MR) is 136 cm³/mol. The van der Waals surface area contributed by atoms with Crippen molar-refractivity contribution in [3.63, 3.8) is 0 Å². The lowest BCUT2D eigenvalue weighted by molar-refractivity contribution is -0.118. The maximum absolute atomic E-state index is 15.0. The molecule has 0 unspecified atom stereocenters. The van der Waals surface area contributed by atoms with E-state index in [0.29, 0.717) is 15.7 Å². The average molecular weight is 600 g/mol. The lowest BCUT2D eigenvalue weighted by atomic mass is 9.96. The number of hydrogen-bond donors (Lipinski definition) is 1. The van der Waals surface area contributed by atoms with Crippen molar-refractivity contribution >= 4 is 77.7 Å². The van der Waals surface area contributed by atoms with Crippen LogP contribution in [-0.2, 0) is 32.3 Å². The first-order valence-electron chi connectivity index (χ1n) is 10.2. The minimum atomic E-state index is -3.86. The summed E-state index contributed by atoms with van der Waals surface area (Å²) < 4.78 is 40.6. The fourth-order valence-electron chi connectivity index (χ4n) is 3.74. The molecule has 35 heavy (non-hydrogen) atoms. The number of carbonyl (C=O) groups excluding carboxylic acids is 3. The topological polar surface area (TPSA) is 101 Å². The Kier molecular flexibility index (Phi) is 7.14. The van der Waals surface area contributed by atoms with Crippen LogP contribution in [0.15, 0.2) is 51.1 Å². The molecule has 12 heteroatoms. The second kappa shape index (κ2) is 9.81. The number of fused-ring (bicyclic) bond motifs is 1. The van der Waals surface area contributed by atoms with Crippen molar-refractivity contribution in [2.75, 3.05) is 23.0 Å². The Balaban J connectivity index is 1.54. The van der Waals surface area contributed by atoms with Crippen LogP contribution in [0.5, 0.6) is 0 Å². The Morgan fingerprint density at radius 3 is 2.57 bits per heavy atom. The summed E-state index contributed by atoms with van der Waals surface area (Å²) in [5.74, 6) is -3.51. The third-order valence-electron chi connectivity index (χ3n) is 5.35. The SMILES string of the molecule is CNc1cc2c(cc1Br)C(=O)N(c1ccc(CC(=O)CS(=O)(=O)c3ccc(Cl)s3)cc1F)C(=O)C2. The standard InChI is InChI=1S/C23H17BrClFN2O5S2/c1-27-18-8-13-9-21(30)28(23(31)15(13)10-16(18)24)19-3-2-12(7-17(19)26)6-14(29)11-35(32,33)22-5-4-20(25)34-22/h2-5,7-8,10,27H,6,9,11H2,1H3. The Hall–Kier alpha value is -2.60. The highest BCUT2D eigenvalue weighted by molar-refractivity contribution is 9.10.